The van der Waals surface area contributed by atoms with Gasteiger partial charge in [-0.2, -0.15) is 0 Å². The minimum Gasteiger partial charge on any atom is -0.493 e. The maximum Gasteiger partial charge on any atom is 0.234 e. The SMILES string of the molecule is COc1ccc(C2SCC(=O)N2Cc2c(F)cccc2F)c(OC)c1OC. The number of halogens is 2. The van der Waals surface area contributed by atoms with Crippen LogP contribution >= 0.6 is 11.8 Å². The van der Waals surface area contributed by atoms with Crippen molar-refractivity contribution in [1.29, 1.82) is 0 Å². The molecule has 1 saturated heterocycles. The molecule has 0 N–H and O–H groups in total. The Balaban J connectivity index is 2.02. The predicted molar refractivity (Wildman–Crippen MR) is 98.2 cm³/mol. The van der Waals surface area contributed by atoms with Crippen molar-refractivity contribution < 1.29 is 27.8 Å². The minimum absolute atomic E-state index is 0.141. The Kier molecular flexibility index (Phi) is 5.74. The van der Waals surface area contributed by atoms with E-state index in [1.165, 1.54) is 56.2 Å². The molecule has 1 fully saturated rings. The van der Waals surface area contributed by atoms with E-state index in [1.54, 1.807) is 12.1 Å². The molecule has 0 radical (unpaired) electrons. The topological polar surface area (TPSA) is 48.0 Å². The molecule has 3 rings (SSSR count). The van der Waals surface area contributed by atoms with Gasteiger partial charge in [-0.1, -0.05) is 6.07 Å². The molecule has 8 heteroatoms. The van der Waals surface area contributed by atoms with Crippen molar-refractivity contribution >= 4 is 17.7 Å². The normalized spacial score (nSPS) is 16.6. The number of hydrogen-bond acceptors (Lipinski definition) is 5. The summed E-state index contributed by atoms with van der Waals surface area (Å²) in [7, 11) is 4.49. The number of amides is 1. The zero-order valence-corrected chi connectivity index (χ0v) is 15.9. The summed E-state index contributed by atoms with van der Waals surface area (Å²) in [6.45, 7) is -0.174. The lowest BCUT2D eigenvalue weighted by atomic mass is 10.1. The van der Waals surface area contributed by atoms with E-state index in [0.29, 0.717) is 22.8 Å². The maximum atomic E-state index is 14.1. The first-order valence-corrected chi connectivity index (χ1v) is 9.19. The smallest absolute Gasteiger partial charge is 0.234 e. The lowest BCUT2D eigenvalue weighted by Crippen LogP contribution is -2.29. The predicted octanol–water partition coefficient (Wildman–Crippen LogP) is 3.76. The monoisotopic (exact) mass is 395 g/mol. The van der Waals surface area contributed by atoms with Gasteiger partial charge in [0.25, 0.3) is 0 Å². The van der Waals surface area contributed by atoms with Crippen LogP contribution in [0.3, 0.4) is 0 Å². The van der Waals surface area contributed by atoms with E-state index in [1.807, 2.05) is 0 Å². The molecule has 0 saturated carbocycles. The molecule has 1 atom stereocenters. The van der Waals surface area contributed by atoms with Gasteiger partial charge >= 0.3 is 0 Å². The Morgan fingerprint density at radius 1 is 1.04 bits per heavy atom. The van der Waals surface area contributed by atoms with Gasteiger partial charge in [-0.25, -0.2) is 8.78 Å². The molecule has 1 aliphatic heterocycles. The van der Waals surface area contributed by atoms with Crippen molar-refractivity contribution in [3.63, 3.8) is 0 Å². The molecule has 1 heterocycles. The van der Waals surface area contributed by atoms with Gasteiger partial charge < -0.3 is 19.1 Å². The second kappa shape index (κ2) is 8.04. The fourth-order valence-corrected chi connectivity index (χ4v) is 4.26. The molecule has 144 valence electrons. The highest BCUT2D eigenvalue weighted by Gasteiger charge is 2.36. The van der Waals surface area contributed by atoms with Crippen molar-refractivity contribution in [3.8, 4) is 17.2 Å². The second-order valence-electron chi connectivity index (χ2n) is 5.81. The van der Waals surface area contributed by atoms with Crippen LogP contribution in [-0.2, 0) is 11.3 Å². The van der Waals surface area contributed by atoms with Gasteiger partial charge in [-0.3, -0.25) is 4.79 Å². The number of methoxy groups -OCH3 is 3. The van der Waals surface area contributed by atoms with Crippen LogP contribution in [0.4, 0.5) is 8.78 Å². The summed E-state index contributed by atoms with van der Waals surface area (Å²) in [5, 5.41) is -0.466. The van der Waals surface area contributed by atoms with Crippen molar-refractivity contribution in [3.05, 3.63) is 53.1 Å². The van der Waals surface area contributed by atoms with E-state index in [9.17, 15) is 13.6 Å². The maximum absolute atomic E-state index is 14.1. The third kappa shape index (κ3) is 3.53. The first-order valence-electron chi connectivity index (χ1n) is 8.14. The quantitative estimate of drug-likeness (QED) is 0.745. The molecular formula is C19H19F2NO4S. The van der Waals surface area contributed by atoms with Crippen molar-refractivity contribution in [2.75, 3.05) is 27.1 Å². The zero-order chi connectivity index (χ0) is 19.6. The highest BCUT2D eigenvalue weighted by atomic mass is 32.2. The van der Waals surface area contributed by atoms with Gasteiger partial charge in [0.15, 0.2) is 11.5 Å². The zero-order valence-electron chi connectivity index (χ0n) is 15.1. The Hall–Kier alpha value is -2.48. The van der Waals surface area contributed by atoms with Crippen LogP contribution in [0.5, 0.6) is 17.2 Å². The average Bonchev–Trinajstić information content (AvgIpc) is 3.03. The van der Waals surface area contributed by atoms with Crippen LogP contribution in [0.25, 0.3) is 0 Å². The summed E-state index contributed by atoms with van der Waals surface area (Å²) in [6, 6.07) is 7.13. The number of benzene rings is 2. The molecule has 1 aliphatic rings. The number of carbonyl (C=O) groups is 1. The third-order valence-electron chi connectivity index (χ3n) is 4.36. The lowest BCUT2D eigenvalue weighted by molar-refractivity contribution is -0.128. The first-order chi connectivity index (χ1) is 13.0. The Morgan fingerprint density at radius 3 is 2.30 bits per heavy atom. The van der Waals surface area contributed by atoms with E-state index in [2.05, 4.69) is 0 Å². The number of hydrogen-bond donors (Lipinski definition) is 0. The van der Waals surface area contributed by atoms with Crippen LogP contribution in [0, 0.1) is 11.6 Å². The van der Waals surface area contributed by atoms with E-state index in [0.717, 1.165) is 0 Å². The molecule has 1 unspecified atom stereocenters. The minimum atomic E-state index is -0.683. The van der Waals surface area contributed by atoms with Crippen molar-refractivity contribution in [2.24, 2.45) is 0 Å². The number of carbonyl (C=O) groups excluding carboxylic acids is 1. The van der Waals surface area contributed by atoms with Gasteiger partial charge in [-0.15, -0.1) is 11.8 Å². The summed E-state index contributed by atoms with van der Waals surface area (Å²) in [5.74, 6) is -0.0605. The molecule has 2 aromatic carbocycles. The van der Waals surface area contributed by atoms with Crippen LogP contribution in [-0.4, -0.2) is 37.9 Å². The van der Waals surface area contributed by atoms with Gasteiger partial charge in [0, 0.05) is 11.1 Å². The second-order valence-corrected chi connectivity index (χ2v) is 6.88. The molecular weight excluding hydrogens is 376 g/mol. The number of ether oxygens (including phenoxy) is 3. The van der Waals surface area contributed by atoms with Gasteiger partial charge in [0.05, 0.1) is 33.6 Å². The van der Waals surface area contributed by atoms with Crippen LogP contribution in [0.15, 0.2) is 30.3 Å². The van der Waals surface area contributed by atoms with Crippen LogP contribution in [0.2, 0.25) is 0 Å². The summed E-state index contributed by atoms with van der Waals surface area (Å²) < 4.78 is 44.3. The molecule has 1 amide bonds. The van der Waals surface area contributed by atoms with Crippen molar-refractivity contribution in [2.45, 2.75) is 11.9 Å². The van der Waals surface area contributed by atoms with Gasteiger partial charge in [0.2, 0.25) is 11.7 Å². The Morgan fingerprint density at radius 2 is 1.70 bits per heavy atom. The molecule has 0 aliphatic carbocycles. The summed E-state index contributed by atoms with van der Waals surface area (Å²) >= 11 is 1.36. The van der Waals surface area contributed by atoms with E-state index in [-0.39, 0.29) is 23.8 Å². The highest BCUT2D eigenvalue weighted by Crippen LogP contribution is 2.49. The molecule has 5 nitrogen and oxygen atoms in total. The fourth-order valence-electron chi connectivity index (χ4n) is 3.06. The van der Waals surface area contributed by atoms with Gasteiger partial charge in [0.1, 0.15) is 17.0 Å². The Bertz CT molecular complexity index is 842. The number of rotatable bonds is 6. The molecule has 0 spiro atoms. The number of nitrogens with zero attached hydrogens (tertiary/aromatic N) is 1. The Labute approximate surface area is 160 Å². The average molecular weight is 395 g/mol. The standard InChI is InChI=1S/C19H19F2NO4S/c1-24-15-8-7-11(17(25-2)18(15)26-3)19-22(16(23)10-27-19)9-12-13(20)5-4-6-14(12)21/h4-8,19H,9-10H2,1-3H3. The van der Waals surface area contributed by atoms with Gasteiger partial charge in [-0.05, 0) is 24.3 Å². The summed E-state index contributed by atoms with van der Waals surface area (Å²) in [6.07, 6.45) is 0. The molecule has 0 aromatic heterocycles. The molecule has 27 heavy (non-hydrogen) atoms. The van der Waals surface area contributed by atoms with Crippen molar-refractivity contribution in [1.82, 2.24) is 4.90 Å². The summed E-state index contributed by atoms with van der Waals surface area (Å²) in [4.78, 5) is 13.9. The van der Waals surface area contributed by atoms with E-state index >= 15 is 0 Å². The van der Waals surface area contributed by atoms with Crippen LogP contribution < -0.4 is 14.2 Å². The van der Waals surface area contributed by atoms with Crippen LogP contribution in [0.1, 0.15) is 16.5 Å². The fraction of sp³-hybridized carbons (Fsp3) is 0.316. The van der Waals surface area contributed by atoms with E-state index in [4.69, 9.17) is 14.2 Å². The first kappa shape index (κ1) is 19.3. The third-order valence-corrected chi connectivity index (χ3v) is 5.60. The van der Waals surface area contributed by atoms with E-state index < -0.39 is 17.0 Å². The highest BCUT2D eigenvalue weighted by molar-refractivity contribution is 8.00. The molecule has 0 bridgehead atoms. The summed E-state index contributed by atoms with van der Waals surface area (Å²) in [5.41, 5.74) is 0.528. The lowest BCUT2D eigenvalue weighted by Gasteiger charge is -2.27. The number of thioether (sulfide) groups is 1. The largest absolute Gasteiger partial charge is 0.493 e. The molecule has 2 aromatic rings.